The smallest absolute Gasteiger partial charge is 0.310 e. The number of hydrogen-bond acceptors (Lipinski definition) is 4. The predicted molar refractivity (Wildman–Crippen MR) is 81.9 cm³/mol. The van der Waals surface area contributed by atoms with Crippen LogP contribution in [0.1, 0.15) is 18.2 Å². The van der Waals surface area contributed by atoms with Crippen molar-refractivity contribution in [3.63, 3.8) is 0 Å². The number of nitrogens with zero attached hydrogens (tertiary/aromatic N) is 2. The summed E-state index contributed by atoms with van der Waals surface area (Å²) in [5.74, 6) is -0.00212. The lowest BCUT2D eigenvalue weighted by Crippen LogP contribution is -2.11. The molecule has 6 heteroatoms. The quantitative estimate of drug-likeness (QED) is 0.865. The molecule has 0 atom stereocenters. The molecular weight excluding hydrogens is 328 g/mol. The molecule has 0 saturated heterocycles. The minimum absolute atomic E-state index is 0.00212. The molecule has 0 aliphatic heterocycles. The minimum atomic E-state index is -0.156. The van der Waals surface area contributed by atoms with E-state index in [1.54, 1.807) is 0 Å². The Labute approximate surface area is 123 Å². The highest BCUT2D eigenvalue weighted by atomic mass is 79.9. The maximum atomic E-state index is 11.7. The second-order valence-corrected chi connectivity index (χ2v) is 5.85. The van der Waals surface area contributed by atoms with Crippen molar-refractivity contribution in [2.45, 2.75) is 19.9 Å². The molecule has 1 aromatic carbocycles. The normalized spacial score (nSPS) is 11.3. The van der Waals surface area contributed by atoms with Crippen LogP contribution in [-0.2, 0) is 6.54 Å². The highest BCUT2D eigenvalue weighted by Crippen LogP contribution is 2.21. The Morgan fingerprint density at radius 1 is 1.42 bits per heavy atom. The fourth-order valence-corrected chi connectivity index (χ4v) is 2.63. The molecule has 0 radical (unpaired) electrons. The maximum absolute atomic E-state index is 11.7. The molecule has 1 heterocycles. The Balaban J connectivity index is 2.26. The van der Waals surface area contributed by atoms with Crippen LogP contribution >= 0.6 is 27.3 Å². The molecule has 0 unspecified atom stereocenters. The third-order valence-corrected chi connectivity index (χ3v) is 3.93. The van der Waals surface area contributed by atoms with E-state index < -0.39 is 0 Å². The minimum Gasteiger partial charge on any atom is -0.493 e. The fraction of sp³-hybridized carbons (Fsp3) is 0.231. The lowest BCUT2D eigenvalue weighted by Gasteiger charge is -1.99. The van der Waals surface area contributed by atoms with Gasteiger partial charge in [0.25, 0.3) is 0 Å². The third-order valence-electron chi connectivity index (χ3n) is 2.50. The van der Waals surface area contributed by atoms with E-state index in [1.807, 2.05) is 31.2 Å². The number of aromatic hydroxyl groups is 1. The first-order valence-electron chi connectivity index (χ1n) is 5.84. The van der Waals surface area contributed by atoms with Crippen LogP contribution in [0.5, 0.6) is 5.88 Å². The van der Waals surface area contributed by atoms with Crippen molar-refractivity contribution in [1.82, 2.24) is 4.57 Å². The van der Waals surface area contributed by atoms with Crippen LogP contribution in [0.3, 0.4) is 0 Å². The van der Waals surface area contributed by atoms with Crippen LogP contribution < -0.4 is 4.87 Å². The Morgan fingerprint density at radius 2 is 2.11 bits per heavy atom. The van der Waals surface area contributed by atoms with Gasteiger partial charge in [0.2, 0.25) is 5.88 Å². The van der Waals surface area contributed by atoms with Gasteiger partial charge >= 0.3 is 4.87 Å². The summed E-state index contributed by atoms with van der Waals surface area (Å²) in [5, 5.41) is 9.94. The van der Waals surface area contributed by atoms with Crippen molar-refractivity contribution in [2.75, 3.05) is 0 Å². The predicted octanol–water partition coefficient (Wildman–Crippen LogP) is 3.54. The fourth-order valence-electron chi connectivity index (χ4n) is 1.58. The molecule has 1 N–H and O–H groups in total. The van der Waals surface area contributed by atoms with E-state index in [4.69, 9.17) is 0 Å². The molecule has 0 fully saturated rings. The first kappa shape index (κ1) is 14.0. The average molecular weight is 341 g/mol. The number of thiazole rings is 1. The van der Waals surface area contributed by atoms with E-state index in [0.717, 1.165) is 27.9 Å². The van der Waals surface area contributed by atoms with Crippen molar-refractivity contribution in [3.8, 4) is 5.88 Å². The topological polar surface area (TPSA) is 54.6 Å². The SMILES string of the molecule is CCCn1c(O)c(C=Nc2ccc(Br)cc2)sc1=O. The van der Waals surface area contributed by atoms with E-state index in [-0.39, 0.29) is 10.8 Å². The van der Waals surface area contributed by atoms with Gasteiger partial charge in [0.05, 0.1) is 11.9 Å². The summed E-state index contributed by atoms with van der Waals surface area (Å²) in [6.45, 7) is 2.48. The second kappa shape index (κ2) is 6.16. The Morgan fingerprint density at radius 3 is 2.74 bits per heavy atom. The van der Waals surface area contributed by atoms with Crippen LogP contribution in [0.15, 0.2) is 38.5 Å². The molecule has 4 nitrogen and oxygen atoms in total. The summed E-state index contributed by atoms with van der Waals surface area (Å²) in [6.07, 6.45) is 2.32. The van der Waals surface area contributed by atoms with Gasteiger partial charge in [-0.1, -0.05) is 34.2 Å². The Bertz CT molecular complexity index is 644. The molecule has 0 amide bonds. The largest absolute Gasteiger partial charge is 0.493 e. The van der Waals surface area contributed by atoms with Crippen LogP contribution in [0.25, 0.3) is 0 Å². The molecule has 2 aromatic rings. The summed E-state index contributed by atoms with van der Waals surface area (Å²) < 4.78 is 2.35. The Hall–Kier alpha value is -1.40. The first-order chi connectivity index (χ1) is 9.11. The number of aliphatic imine (C=N–C) groups is 1. The van der Waals surface area contributed by atoms with Crippen LogP contribution in [-0.4, -0.2) is 15.9 Å². The number of halogens is 1. The lowest BCUT2D eigenvalue weighted by atomic mass is 10.3. The third kappa shape index (κ3) is 3.33. The van der Waals surface area contributed by atoms with Gasteiger partial charge in [0.1, 0.15) is 4.88 Å². The van der Waals surface area contributed by atoms with Gasteiger partial charge in [-0.05, 0) is 30.7 Å². The zero-order chi connectivity index (χ0) is 13.8. The molecule has 0 saturated carbocycles. The standard InChI is InChI=1S/C13H13BrN2O2S/c1-2-7-16-12(17)11(19-13(16)18)8-15-10-5-3-9(14)4-6-10/h3-6,8,17H,2,7H2,1H3. The van der Waals surface area contributed by atoms with Crippen molar-refractivity contribution < 1.29 is 5.11 Å². The summed E-state index contributed by atoms with van der Waals surface area (Å²) in [7, 11) is 0. The van der Waals surface area contributed by atoms with Crippen molar-refractivity contribution in [2.24, 2.45) is 4.99 Å². The highest BCUT2D eigenvalue weighted by Gasteiger charge is 2.11. The summed E-state index contributed by atoms with van der Waals surface area (Å²) in [5.41, 5.74) is 0.769. The first-order valence-corrected chi connectivity index (χ1v) is 7.45. The average Bonchev–Trinajstić information content (AvgIpc) is 2.66. The molecule has 2 rings (SSSR count). The molecular formula is C13H13BrN2O2S. The van der Waals surface area contributed by atoms with Gasteiger partial charge in [-0.3, -0.25) is 14.4 Å². The lowest BCUT2D eigenvalue weighted by molar-refractivity contribution is 0.411. The number of hydrogen-bond donors (Lipinski definition) is 1. The summed E-state index contributed by atoms with van der Waals surface area (Å²) >= 11 is 4.35. The maximum Gasteiger partial charge on any atom is 0.310 e. The van der Waals surface area contributed by atoms with Gasteiger partial charge in [-0.25, -0.2) is 0 Å². The number of benzene rings is 1. The highest BCUT2D eigenvalue weighted by molar-refractivity contribution is 9.10. The van der Waals surface area contributed by atoms with Gasteiger partial charge in [-0.2, -0.15) is 0 Å². The zero-order valence-electron chi connectivity index (χ0n) is 10.3. The monoisotopic (exact) mass is 340 g/mol. The molecule has 100 valence electrons. The van der Waals surface area contributed by atoms with E-state index in [2.05, 4.69) is 20.9 Å². The van der Waals surface area contributed by atoms with Crippen LogP contribution in [0.4, 0.5) is 5.69 Å². The van der Waals surface area contributed by atoms with Gasteiger partial charge < -0.3 is 5.11 Å². The molecule has 19 heavy (non-hydrogen) atoms. The second-order valence-electron chi connectivity index (χ2n) is 3.94. The van der Waals surface area contributed by atoms with E-state index in [9.17, 15) is 9.90 Å². The molecule has 0 bridgehead atoms. The summed E-state index contributed by atoms with van der Waals surface area (Å²) in [4.78, 5) is 16.2. The summed E-state index contributed by atoms with van der Waals surface area (Å²) in [6, 6.07) is 7.47. The number of aromatic nitrogens is 1. The van der Waals surface area contributed by atoms with Crippen molar-refractivity contribution >= 4 is 39.2 Å². The molecule has 0 aliphatic carbocycles. The Kier molecular flexibility index (Phi) is 4.55. The molecule has 0 spiro atoms. The van der Waals surface area contributed by atoms with E-state index in [0.29, 0.717) is 11.4 Å². The van der Waals surface area contributed by atoms with Crippen LogP contribution in [0, 0.1) is 0 Å². The van der Waals surface area contributed by atoms with Gasteiger partial charge in [0.15, 0.2) is 0 Å². The van der Waals surface area contributed by atoms with Gasteiger partial charge in [0, 0.05) is 11.0 Å². The van der Waals surface area contributed by atoms with Crippen molar-refractivity contribution in [3.05, 3.63) is 43.3 Å². The van der Waals surface area contributed by atoms with E-state index in [1.165, 1.54) is 10.8 Å². The van der Waals surface area contributed by atoms with E-state index >= 15 is 0 Å². The zero-order valence-corrected chi connectivity index (χ0v) is 12.7. The molecule has 0 aliphatic rings. The van der Waals surface area contributed by atoms with Crippen molar-refractivity contribution in [1.29, 1.82) is 0 Å². The van der Waals surface area contributed by atoms with Crippen LogP contribution in [0.2, 0.25) is 0 Å². The number of rotatable bonds is 4. The molecule has 1 aromatic heterocycles. The van der Waals surface area contributed by atoms with Gasteiger partial charge in [-0.15, -0.1) is 0 Å².